The molecule has 1 N–H and O–H groups in total. The van der Waals surface area contributed by atoms with Gasteiger partial charge in [-0.3, -0.25) is 47.9 Å². The molecule has 0 unspecified atom stereocenters. The monoisotopic (exact) mass is 924 g/mol. The molecule has 0 radical (unpaired) electrons. The quantitative estimate of drug-likeness (QED) is 0.123. The molecule has 0 spiro atoms. The van der Waals surface area contributed by atoms with Gasteiger partial charge in [-0.2, -0.15) is 0 Å². The lowest BCUT2D eigenvalue weighted by Gasteiger charge is -2.47. The maximum absolute atomic E-state index is 12.6. The zero-order valence-electron chi connectivity index (χ0n) is 36.4. The van der Waals surface area contributed by atoms with Crippen molar-refractivity contribution in [1.82, 2.24) is 0 Å². The van der Waals surface area contributed by atoms with Crippen LogP contribution in [0.5, 0.6) is 0 Å². The van der Waals surface area contributed by atoms with E-state index in [1.807, 2.05) is 0 Å². The van der Waals surface area contributed by atoms with Gasteiger partial charge in [-0.25, -0.2) is 0 Å². The Morgan fingerprint density at radius 1 is 0.328 bits per heavy atom. The maximum atomic E-state index is 12.6. The summed E-state index contributed by atoms with van der Waals surface area (Å²) in [7, 11) is 0. The van der Waals surface area contributed by atoms with Crippen LogP contribution in [0.15, 0.2) is 0 Å². The molecular formula is C38H52O26. The summed E-state index contributed by atoms with van der Waals surface area (Å²) < 4.78 is 83.3. The highest BCUT2D eigenvalue weighted by molar-refractivity contribution is 5.70. The van der Waals surface area contributed by atoms with Crippen molar-refractivity contribution in [3.05, 3.63) is 0 Å². The largest absolute Gasteiger partial charge is 0.463 e. The summed E-state index contributed by atoms with van der Waals surface area (Å²) in [6.07, 6.45) is -25.6. The predicted molar refractivity (Wildman–Crippen MR) is 197 cm³/mol. The van der Waals surface area contributed by atoms with Gasteiger partial charge in [0, 0.05) is 69.2 Å². The number of hydrogen-bond donors (Lipinski definition) is 1. The lowest BCUT2D eigenvalue weighted by Crippen LogP contribution is -2.65. The Hall–Kier alpha value is -5.54. The van der Waals surface area contributed by atoms with Crippen molar-refractivity contribution >= 4 is 59.7 Å². The molecule has 15 atom stereocenters. The predicted octanol–water partition coefficient (Wildman–Crippen LogP) is -1.86. The number of rotatable bonds is 17. The second kappa shape index (κ2) is 23.9. The molecule has 0 aromatic rings. The van der Waals surface area contributed by atoms with Crippen LogP contribution in [0.1, 0.15) is 69.2 Å². The van der Waals surface area contributed by atoms with Crippen molar-refractivity contribution in [2.75, 3.05) is 19.8 Å². The highest BCUT2D eigenvalue weighted by atomic mass is 16.8. The van der Waals surface area contributed by atoms with E-state index in [2.05, 4.69) is 0 Å². The molecule has 0 aliphatic carbocycles. The number of carbonyl (C=O) groups is 10. The van der Waals surface area contributed by atoms with Gasteiger partial charge in [-0.05, 0) is 0 Å². The van der Waals surface area contributed by atoms with Crippen LogP contribution in [0, 0.1) is 0 Å². The Morgan fingerprint density at radius 2 is 0.578 bits per heavy atom. The van der Waals surface area contributed by atoms with Crippen molar-refractivity contribution in [3.8, 4) is 0 Å². The summed E-state index contributed by atoms with van der Waals surface area (Å²) >= 11 is 0. The third-order valence-electron chi connectivity index (χ3n) is 8.81. The molecule has 26 nitrogen and oxygen atoms in total. The van der Waals surface area contributed by atoms with Gasteiger partial charge in [0.25, 0.3) is 0 Å². The summed E-state index contributed by atoms with van der Waals surface area (Å²) in [5.41, 5.74) is 0. The van der Waals surface area contributed by atoms with E-state index < -0.39 is 172 Å². The molecule has 3 aliphatic rings. The second-order valence-corrected chi connectivity index (χ2v) is 14.3. The van der Waals surface area contributed by atoms with E-state index in [4.69, 9.17) is 71.1 Å². The molecular weight excluding hydrogens is 872 g/mol. The third kappa shape index (κ3) is 15.6. The Kier molecular flexibility index (Phi) is 19.8. The van der Waals surface area contributed by atoms with E-state index in [0.29, 0.717) is 0 Å². The molecule has 3 heterocycles. The van der Waals surface area contributed by atoms with E-state index >= 15 is 0 Å². The van der Waals surface area contributed by atoms with E-state index in [0.717, 1.165) is 69.2 Å². The van der Waals surface area contributed by atoms with E-state index in [9.17, 15) is 53.1 Å². The molecule has 3 fully saturated rings. The number of aliphatic hydroxyl groups is 1. The van der Waals surface area contributed by atoms with Crippen LogP contribution in [-0.2, 0) is 119 Å². The minimum Gasteiger partial charge on any atom is -0.463 e. The third-order valence-corrected chi connectivity index (χ3v) is 8.81. The van der Waals surface area contributed by atoms with Gasteiger partial charge in [0.2, 0.25) is 0 Å². The van der Waals surface area contributed by atoms with Crippen molar-refractivity contribution in [2.24, 2.45) is 0 Å². The Labute approximate surface area is 364 Å². The summed E-state index contributed by atoms with van der Waals surface area (Å²) in [4.78, 5) is 123. The average molecular weight is 925 g/mol. The van der Waals surface area contributed by atoms with Crippen LogP contribution in [0.25, 0.3) is 0 Å². The van der Waals surface area contributed by atoms with Crippen molar-refractivity contribution in [1.29, 1.82) is 0 Å². The van der Waals surface area contributed by atoms with Crippen LogP contribution in [0.4, 0.5) is 0 Å². The minimum absolute atomic E-state index is 0.617. The maximum Gasteiger partial charge on any atom is 0.303 e. The van der Waals surface area contributed by atoms with Gasteiger partial charge in [0.15, 0.2) is 73.8 Å². The molecule has 3 rings (SSSR count). The van der Waals surface area contributed by atoms with E-state index in [1.165, 1.54) is 0 Å². The van der Waals surface area contributed by atoms with Crippen LogP contribution >= 0.6 is 0 Å². The van der Waals surface area contributed by atoms with Gasteiger partial charge >= 0.3 is 59.7 Å². The SMILES string of the molecule is CC(=O)OC[C@H]1O[C@@H](OC[C@H]2O[C@@H](OC[C@H]3O[C@H](O)[C@H](OC(C)=O)[C@@H](OC(C)=O)[C@@H]3OC(C)=O)[C@H](OC(C)=O)[C@@H](OC(C)=O)[C@@H]2OC(C)=O)[C@H](OC(C)=O)[C@@H](OC(C)=O)[C@@H]1OC(C)=O. The molecule has 26 heteroatoms. The number of hydrogen-bond acceptors (Lipinski definition) is 26. The lowest BCUT2D eigenvalue weighted by molar-refractivity contribution is -0.343. The molecule has 360 valence electrons. The second-order valence-electron chi connectivity index (χ2n) is 14.3. The molecule has 0 saturated carbocycles. The number of ether oxygens (including phenoxy) is 15. The summed E-state index contributed by atoms with van der Waals surface area (Å²) in [5, 5.41) is 10.9. The number of carbonyl (C=O) groups excluding carboxylic acids is 10. The minimum atomic E-state index is -2.02. The Balaban J connectivity index is 2.11. The van der Waals surface area contributed by atoms with Gasteiger partial charge < -0.3 is 76.2 Å². The van der Waals surface area contributed by atoms with Crippen LogP contribution in [0.2, 0.25) is 0 Å². The van der Waals surface area contributed by atoms with Gasteiger partial charge in [-0.1, -0.05) is 0 Å². The first-order chi connectivity index (χ1) is 29.9. The van der Waals surface area contributed by atoms with Crippen LogP contribution in [-0.4, -0.2) is 177 Å². The van der Waals surface area contributed by atoms with Crippen molar-refractivity contribution in [2.45, 2.75) is 161 Å². The molecule has 3 saturated heterocycles. The average Bonchev–Trinajstić information content (AvgIpc) is 3.14. The first-order valence-electron chi connectivity index (χ1n) is 19.4. The fourth-order valence-corrected chi connectivity index (χ4v) is 6.83. The number of aliphatic hydroxyl groups excluding tert-OH is 1. The Morgan fingerprint density at radius 3 is 0.891 bits per heavy atom. The fraction of sp³-hybridized carbons (Fsp3) is 0.737. The van der Waals surface area contributed by atoms with E-state index in [1.54, 1.807) is 0 Å². The van der Waals surface area contributed by atoms with E-state index in [-0.39, 0.29) is 0 Å². The molecule has 0 bridgehead atoms. The van der Waals surface area contributed by atoms with Crippen molar-refractivity contribution < 1.29 is 124 Å². The first-order valence-corrected chi connectivity index (χ1v) is 19.4. The van der Waals surface area contributed by atoms with Gasteiger partial charge in [0.1, 0.15) is 24.9 Å². The fourth-order valence-electron chi connectivity index (χ4n) is 6.83. The smallest absolute Gasteiger partial charge is 0.303 e. The lowest BCUT2D eigenvalue weighted by atomic mass is 9.96. The molecule has 0 aromatic carbocycles. The summed E-state index contributed by atoms with van der Waals surface area (Å²) in [6.45, 7) is 7.75. The normalized spacial score (nSPS) is 32.3. The van der Waals surface area contributed by atoms with Gasteiger partial charge in [-0.15, -0.1) is 0 Å². The molecule has 64 heavy (non-hydrogen) atoms. The zero-order valence-corrected chi connectivity index (χ0v) is 36.4. The highest BCUT2D eigenvalue weighted by Gasteiger charge is 2.57. The number of esters is 10. The van der Waals surface area contributed by atoms with Crippen molar-refractivity contribution in [3.63, 3.8) is 0 Å². The highest BCUT2D eigenvalue weighted by Crippen LogP contribution is 2.35. The molecule has 0 aromatic heterocycles. The standard InChI is InChI=1S/C38H52O26/c1-14(39)50-11-25-28(54-16(3)41)31(57-19(6)44)34(60-22(9)47)38(63-25)52-13-26-29(55-17(4)42)32(58-20(7)45)35(61-23(10)48)37(64-26)51-12-24-27(53-15(2)40)30(56-18(5)43)33(36(49)62-24)59-21(8)46/h24-38,49H,11-13H2,1-10H3/t24-,25-,26-,27-,28-,29-,30+,31+,32+,33-,34-,35-,36+,37-,38-/m1/s1. The Bertz CT molecular complexity index is 1730. The topological polar surface area (TPSA) is 329 Å². The summed E-state index contributed by atoms with van der Waals surface area (Å²) in [6, 6.07) is 0. The van der Waals surface area contributed by atoms with Crippen LogP contribution in [0.3, 0.4) is 0 Å². The van der Waals surface area contributed by atoms with Gasteiger partial charge in [0.05, 0.1) is 13.2 Å². The zero-order chi connectivity index (χ0) is 48.2. The van der Waals surface area contributed by atoms with Crippen LogP contribution < -0.4 is 0 Å². The first kappa shape index (κ1) is 52.8. The molecule has 0 amide bonds. The summed E-state index contributed by atoms with van der Waals surface area (Å²) in [5.74, 6) is -9.38. The molecule has 3 aliphatic heterocycles.